The Morgan fingerprint density at radius 3 is 2.62 bits per heavy atom. The summed E-state index contributed by atoms with van der Waals surface area (Å²) in [4.78, 5) is 12.3. The van der Waals surface area contributed by atoms with Crippen LogP contribution in [0.15, 0.2) is 0 Å². The van der Waals surface area contributed by atoms with Crippen molar-refractivity contribution in [3.63, 3.8) is 0 Å². The third kappa shape index (κ3) is 8.90. The van der Waals surface area contributed by atoms with Crippen LogP contribution >= 0.6 is 0 Å². The monoisotopic (exact) mass is 183 g/mol. The molecule has 0 unspecified atom stereocenters. The number of carboxylic acids is 1. The van der Waals surface area contributed by atoms with Gasteiger partial charge in [0.15, 0.2) is 0 Å². The van der Waals surface area contributed by atoms with Gasteiger partial charge in [0.2, 0.25) is 0 Å². The molecule has 0 radical (unpaired) electrons. The van der Waals surface area contributed by atoms with Gasteiger partial charge in [-0.3, -0.25) is 4.79 Å². The van der Waals surface area contributed by atoms with E-state index in [4.69, 9.17) is 11.5 Å². The molecule has 0 saturated carbocycles. The molecule has 0 amide bonds. The van der Waals surface area contributed by atoms with E-state index < -0.39 is 5.97 Å². The van der Waals surface area contributed by atoms with E-state index in [2.05, 4.69) is 10.8 Å². The van der Waals surface area contributed by atoms with Crippen molar-refractivity contribution in [2.75, 3.05) is 20.1 Å². The number of aliphatic carboxylic acids is 1. The van der Waals surface area contributed by atoms with Crippen molar-refractivity contribution in [3.8, 4) is 12.3 Å². The van der Waals surface area contributed by atoms with Crippen LogP contribution in [0.2, 0.25) is 0 Å². The van der Waals surface area contributed by atoms with Crippen LogP contribution in [0.3, 0.4) is 0 Å². The lowest BCUT2D eigenvalue weighted by Crippen LogP contribution is -2.21. The van der Waals surface area contributed by atoms with Crippen molar-refractivity contribution < 1.29 is 9.90 Å². The van der Waals surface area contributed by atoms with Gasteiger partial charge in [0.25, 0.3) is 0 Å². The van der Waals surface area contributed by atoms with Gasteiger partial charge < -0.3 is 10.0 Å². The number of hydrogen-bond donors (Lipinski definition) is 1. The van der Waals surface area contributed by atoms with E-state index in [-0.39, 0.29) is 6.42 Å². The number of nitrogens with zero attached hydrogens (tertiary/aromatic N) is 1. The van der Waals surface area contributed by atoms with Gasteiger partial charge in [-0.25, -0.2) is 0 Å². The first kappa shape index (κ1) is 12.0. The largest absolute Gasteiger partial charge is 0.481 e. The second kappa shape index (κ2) is 7.63. The van der Waals surface area contributed by atoms with Gasteiger partial charge in [-0.05, 0) is 33.0 Å². The van der Waals surface area contributed by atoms with Gasteiger partial charge in [-0.1, -0.05) is 0 Å². The number of rotatable bonds is 7. The Morgan fingerprint density at radius 2 is 2.08 bits per heavy atom. The van der Waals surface area contributed by atoms with E-state index in [1.54, 1.807) is 0 Å². The molecule has 1 N–H and O–H groups in total. The van der Waals surface area contributed by atoms with E-state index >= 15 is 0 Å². The summed E-state index contributed by atoms with van der Waals surface area (Å²) in [6.07, 6.45) is 7.85. The molecule has 0 fully saturated rings. The van der Waals surface area contributed by atoms with Crippen LogP contribution in [-0.2, 0) is 4.79 Å². The van der Waals surface area contributed by atoms with Crippen LogP contribution in [-0.4, -0.2) is 36.1 Å². The van der Waals surface area contributed by atoms with Crippen LogP contribution in [0.4, 0.5) is 0 Å². The Labute approximate surface area is 79.7 Å². The molecule has 0 rings (SSSR count). The molecule has 0 spiro atoms. The van der Waals surface area contributed by atoms with Crippen LogP contribution in [0.25, 0.3) is 0 Å². The predicted octanol–water partition coefficient (Wildman–Crippen LogP) is 1.20. The molecule has 3 heteroatoms. The molecular formula is C10H17NO2. The fourth-order valence-corrected chi connectivity index (χ4v) is 1.06. The maximum absolute atomic E-state index is 10.2. The number of carboxylic acid groups (broad SMARTS) is 1. The molecule has 0 aliphatic carbocycles. The number of unbranched alkanes of at least 4 members (excludes halogenated alkanes) is 1. The van der Waals surface area contributed by atoms with E-state index in [0.717, 1.165) is 25.9 Å². The topological polar surface area (TPSA) is 40.5 Å². The molecule has 74 valence electrons. The molecule has 0 atom stereocenters. The first-order chi connectivity index (χ1) is 6.16. The minimum absolute atomic E-state index is 0.249. The smallest absolute Gasteiger partial charge is 0.303 e. The van der Waals surface area contributed by atoms with Gasteiger partial charge in [0.05, 0.1) is 0 Å². The van der Waals surface area contributed by atoms with Gasteiger partial charge >= 0.3 is 5.97 Å². The van der Waals surface area contributed by atoms with Crippen LogP contribution in [0.1, 0.15) is 25.7 Å². The minimum atomic E-state index is -0.725. The van der Waals surface area contributed by atoms with Crippen molar-refractivity contribution >= 4 is 5.97 Å². The summed E-state index contributed by atoms with van der Waals surface area (Å²) < 4.78 is 0. The zero-order valence-corrected chi connectivity index (χ0v) is 8.12. The fourth-order valence-electron chi connectivity index (χ4n) is 1.06. The van der Waals surface area contributed by atoms with Crippen LogP contribution < -0.4 is 0 Å². The standard InChI is InChI=1S/C10H17NO2/c1-3-4-5-8-11(2)9-6-7-10(12)13/h1H,4-9H2,2H3,(H,12,13). The van der Waals surface area contributed by atoms with Crippen molar-refractivity contribution in [2.24, 2.45) is 0 Å². The van der Waals surface area contributed by atoms with Crippen LogP contribution in [0, 0.1) is 12.3 Å². The summed E-state index contributed by atoms with van der Waals surface area (Å²) in [6, 6.07) is 0. The predicted molar refractivity (Wildman–Crippen MR) is 52.4 cm³/mol. The summed E-state index contributed by atoms with van der Waals surface area (Å²) in [5.41, 5.74) is 0. The highest BCUT2D eigenvalue weighted by atomic mass is 16.4. The average Bonchev–Trinajstić information content (AvgIpc) is 2.04. The quantitative estimate of drug-likeness (QED) is 0.476. The molecule has 0 heterocycles. The Morgan fingerprint density at radius 1 is 1.46 bits per heavy atom. The summed E-state index contributed by atoms with van der Waals surface area (Å²) in [7, 11) is 1.98. The molecule has 0 aromatic carbocycles. The fraction of sp³-hybridized carbons (Fsp3) is 0.700. The highest BCUT2D eigenvalue weighted by Crippen LogP contribution is 1.95. The first-order valence-electron chi connectivity index (χ1n) is 4.50. The third-order valence-electron chi connectivity index (χ3n) is 1.79. The first-order valence-corrected chi connectivity index (χ1v) is 4.50. The van der Waals surface area contributed by atoms with Crippen molar-refractivity contribution in [1.82, 2.24) is 4.90 Å². The lowest BCUT2D eigenvalue weighted by molar-refractivity contribution is -0.137. The summed E-state index contributed by atoms with van der Waals surface area (Å²) in [5, 5.41) is 8.40. The Balaban J connectivity index is 3.25. The Bertz CT molecular complexity index is 184. The third-order valence-corrected chi connectivity index (χ3v) is 1.79. The molecule has 3 nitrogen and oxygen atoms in total. The second-order valence-corrected chi connectivity index (χ2v) is 3.11. The maximum Gasteiger partial charge on any atom is 0.303 e. The number of hydrogen-bond acceptors (Lipinski definition) is 2. The highest BCUT2D eigenvalue weighted by Gasteiger charge is 2.00. The van der Waals surface area contributed by atoms with E-state index in [9.17, 15) is 4.79 Å². The van der Waals surface area contributed by atoms with Crippen molar-refractivity contribution in [1.29, 1.82) is 0 Å². The van der Waals surface area contributed by atoms with E-state index in [1.807, 2.05) is 7.05 Å². The van der Waals surface area contributed by atoms with Crippen molar-refractivity contribution in [2.45, 2.75) is 25.7 Å². The number of carbonyl (C=O) groups is 1. The molecular weight excluding hydrogens is 166 g/mol. The summed E-state index contributed by atoms with van der Waals surface area (Å²) in [5.74, 6) is 1.85. The summed E-state index contributed by atoms with van der Waals surface area (Å²) >= 11 is 0. The average molecular weight is 183 g/mol. The highest BCUT2D eigenvalue weighted by molar-refractivity contribution is 5.66. The molecule has 0 aliphatic heterocycles. The summed E-state index contributed by atoms with van der Waals surface area (Å²) in [6.45, 7) is 1.78. The zero-order valence-electron chi connectivity index (χ0n) is 8.12. The maximum atomic E-state index is 10.2. The molecule has 13 heavy (non-hydrogen) atoms. The molecule has 0 aliphatic rings. The Kier molecular flexibility index (Phi) is 7.04. The molecule has 0 bridgehead atoms. The SMILES string of the molecule is C#CCCCN(C)CCCC(=O)O. The Hall–Kier alpha value is -1.01. The van der Waals surface area contributed by atoms with Gasteiger partial charge in [-0.2, -0.15) is 0 Å². The second-order valence-electron chi connectivity index (χ2n) is 3.11. The van der Waals surface area contributed by atoms with E-state index in [0.29, 0.717) is 6.42 Å². The van der Waals surface area contributed by atoms with Crippen molar-refractivity contribution in [3.05, 3.63) is 0 Å². The van der Waals surface area contributed by atoms with E-state index in [1.165, 1.54) is 0 Å². The molecule has 0 aromatic rings. The zero-order chi connectivity index (χ0) is 10.1. The lowest BCUT2D eigenvalue weighted by atomic mass is 10.2. The van der Waals surface area contributed by atoms with Gasteiger partial charge in [-0.15, -0.1) is 12.3 Å². The number of terminal acetylenes is 1. The normalized spacial score (nSPS) is 9.92. The van der Waals surface area contributed by atoms with Gasteiger partial charge in [0.1, 0.15) is 0 Å². The minimum Gasteiger partial charge on any atom is -0.481 e. The van der Waals surface area contributed by atoms with Crippen LogP contribution in [0.5, 0.6) is 0 Å². The lowest BCUT2D eigenvalue weighted by Gasteiger charge is -2.14. The molecule has 0 saturated heterocycles. The van der Waals surface area contributed by atoms with Gasteiger partial charge in [0, 0.05) is 12.8 Å². The molecule has 0 aromatic heterocycles.